The molecule has 1 aliphatic heterocycles. The van der Waals surface area contributed by atoms with Gasteiger partial charge in [-0.15, -0.1) is 11.8 Å². The van der Waals surface area contributed by atoms with Crippen molar-refractivity contribution in [1.29, 1.82) is 0 Å². The summed E-state index contributed by atoms with van der Waals surface area (Å²) in [6.07, 6.45) is 5.66. The Labute approximate surface area is 179 Å². The van der Waals surface area contributed by atoms with E-state index in [1.165, 1.54) is 7.11 Å². The first kappa shape index (κ1) is 22.4. The third-order valence-electron chi connectivity index (χ3n) is 6.26. The number of aliphatic hydroxyl groups excluding tert-OH is 2. The summed E-state index contributed by atoms with van der Waals surface area (Å²) < 4.78 is 11.0. The lowest BCUT2D eigenvalue weighted by molar-refractivity contribution is -0.140. The van der Waals surface area contributed by atoms with Crippen molar-refractivity contribution in [3.05, 3.63) is 41.5 Å². The molecule has 30 heavy (non-hydrogen) atoms. The maximum absolute atomic E-state index is 11.4. The van der Waals surface area contributed by atoms with Crippen molar-refractivity contribution < 1.29 is 24.5 Å². The van der Waals surface area contributed by atoms with Crippen LogP contribution in [0.2, 0.25) is 0 Å². The number of aryl methyl sites for hydroxylation is 1. The number of hydrogen-bond donors (Lipinski definition) is 2. The SMILES string of the molecule is CC#CC[C@H](C)[C@H](O)/C=C/[C@H]1[C@H](O)CC2Oc3c(CCCC(=O)OC)cccc3[C@@H]21. The summed E-state index contributed by atoms with van der Waals surface area (Å²) in [5, 5.41) is 21.1. The van der Waals surface area contributed by atoms with Crippen LogP contribution < -0.4 is 4.74 Å². The number of rotatable bonds is 8. The van der Waals surface area contributed by atoms with Crippen LogP contribution in [0.3, 0.4) is 0 Å². The molecule has 0 spiro atoms. The van der Waals surface area contributed by atoms with E-state index < -0.39 is 12.2 Å². The van der Waals surface area contributed by atoms with Crippen molar-refractivity contribution in [1.82, 2.24) is 0 Å². The maximum Gasteiger partial charge on any atom is 0.305 e. The van der Waals surface area contributed by atoms with E-state index in [-0.39, 0.29) is 29.8 Å². The van der Waals surface area contributed by atoms with Crippen molar-refractivity contribution >= 4 is 5.97 Å². The minimum atomic E-state index is -0.594. The molecule has 5 nitrogen and oxygen atoms in total. The number of ether oxygens (including phenoxy) is 2. The number of methoxy groups -OCH3 is 1. The first-order chi connectivity index (χ1) is 14.5. The normalized spacial score (nSPS) is 26.3. The molecule has 0 radical (unpaired) electrons. The zero-order chi connectivity index (χ0) is 21.7. The second kappa shape index (κ2) is 10.1. The Hall–Kier alpha value is -2.29. The van der Waals surface area contributed by atoms with Gasteiger partial charge in [-0.2, -0.15) is 0 Å². The molecular formula is C25H32O5. The number of aliphatic hydroxyl groups is 2. The topological polar surface area (TPSA) is 76.0 Å². The third kappa shape index (κ3) is 4.88. The summed E-state index contributed by atoms with van der Waals surface area (Å²) in [7, 11) is 1.40. The van der Waals surface area contributed by atoms with E-state index in [1.807, 2.05) is 25.1 Å². The second-order valence-electron chi connectivity index (χ2n) is 8.31. The van der Waals surface area contributed by atoms with Crippen molar-refractivity contribution in [2.75, 3.05) is 7.11 Å². The van der Waals surface area contributed by atoms with E-state index in [9.17, 15) is 15.0 Å². The number of benzene rings is 1. The molecule has 2 aliphatic rings. The van der Waals surface area contributed by atoms with Gasteiger partial charge in [-0.3, -0.25) is 4.79 Å². The van der Waals surface area contributed by atoms with Crippen LogP contribution in [0.25, 0.3) is 0 Å². The molecule has 0 saturated heterocycles. The van der Waals surface area contributed by atoms with Crippen LogP contribution >= 0.6 is 0 Å². The quantitative estimate of drug-likeness (QED) is 0.389. The van der Waals surface area contributed by atoms with Gasteiger partial charge < -0.3 is 19.7 Å². The average molecular weight is 413 g/mol. The van der Waals surface area contributed by atoms with Crippen LogP contribution in [0.15, 0.2) is 30.4 Å². The lowest BCUT2D eigenvalue weighted by Crippen LogP contribution is -2.19. The highest BCUT2D eigenvalue weighted by molar-refractivity contribution is 5.69. The van der Waals surface area contributed by atoms with Crippen molar-refractivity contribution in [2.45, 2.75) is 70.2 Å². The van der Waals surface area contributed by atoms with Crippen molar-refractivity contribution in [2.24, 2.45) is 11.8 Å². The zero-order valence-corrected chi connectivity index (χ0v) is 18.0. The predicted octanol–water partition coefficient (Wildman–Crippen LogP) is 3.37. The zero-order valence-electron chi connectivity index (χ0n) is 18.0. The maximum atomic E-state index is 11.4. The van der Waals surface area contributed by atoms with E-state index in [2.05, 4.69) is 17.9 Å². The number of esters is 1. The number of carbonyl (C=O) groups is 1. The molecular weight excluding hydrogens is 380 g/mol. The standard InChI is InChI=1S/C25H32O5/c1-4-5-8-16(2)20(26)14-13-18-21(27)15-22-24(18)19-11-6-9-17(25(19)30-22)10-7-12-23(28)29-3/h6,9,11,13-14,16,18,20-22,24,26-27H,7-8,10,12,15H2,1-3H3/b14-13+/t16-,18-,20+,21+,22?,24-/m0/s1. The molecule has 1 heterocycles. The van der Waals surface area contributed by atoms with Gasteiger partial charge in [0.05, 0.1) is 19.3 Å². The molecule has 1 aromatic rings. The van der Waals surface area contributed by atoms with Gasteiger partial charge in [0.25, 0.3) is 0 Å². The van der Waals surface area contributed by atoms with Crippen LogP contribution in [0.1, 0.15) is 56.6 Å². The third-order valence-corrected chi connectivity index (χ3v) is 6.26. The highest BCUT2D eigenvalue weighted by Crippen LogP contribution is 2.52. The fraction of sp³-hybridized carbons (Fsp3) is 0.560. The van der Waals surface area contributed by atoms with Crippen molar-refractivity contribution in [3.63, 3.8) is 0 Å². The molecule has 0 amide bonds. The first-order valence-electron chi connectivity index (χ1n) is 10.8. The Balaban J connectivity index is 1.73. The van der Waals surface area contributed by atoms with E-state index in [0.717, 1.165) is 23.3 Å². The van der Waals surface area contributed by atoms with Crippen molar-refractivity contribution in [3.8, 4) is 17.6 Å². The summed E-state index contributed by atoms with van der Waals surface area (Å²) in [5.74, 6) is 6.58. The Morgan fingerprint density at radius 1 is 1.43 bits per heavy atom. The number of hydrogen-bond acceptors (Lipinski definition) is 5. The number of para-hydroxylation sites is 1. The van der Waals surface area contributed by atoms with Gasteiger partial charge in [-0.25, -0.2) is 0 Å². The van der Waals surface area contributed by atoms with E-state index in [0.29, 0.717) is 25.7 Å². The van der Waals surface area contributed by atoms with E-state index in [1.54, 1.807) is 13.0 Å². The number of carbonyl (C=O) groups excluding carboxylic acids is 1. The minimum absolute atomic E-state index is 0.0385. The fourth-order valence-electron chi connectivity index (χ4n) is 4.51. The summed E-state index contributed by atoms with van der Waals surface area (Å²) in [6.45, 7) is 3.77. The molecule has 1 unspecified atom stereocenters. The Morgan fingerprint density at radius 2 is 2.23 bits per heavy atom. The molecule has 2 N–H and O–H groups in total. The first-order valence-corrected chi connectivity index (χ1v) is 10.8. The number of fused-ring (bicyclic) bond motifs is 3. The van der Waals surface area contributed by atoms with E-state index in [4.69, 9.17) is 9.47 Å². The average Bonchev–Trinajstić information content (AvgIpc) is 3.25. The van der Waals surface area contributed by atoms with E-state index >= 15 is 0 Å². The monoisotopic (exact) mass is 412 g/mol. The summed E-state index contributed by atoms with van der Waals surface area (Å²) in [4.78, 5) is 11.4. The molecule has 1 saturated carbocycles. The van der Waals surface area contributed by atoms with Gasteiger partial charge >= 0.3 is 5.97 Å². The molecule has 0 bridgehead atoms. The van der Waals surface area contributed by atoms with Gasteiger partial charge in [-0.05, 0) is 31.2 Å². The van der Waals surface area contributed by atoms with Gasteiger partial charge in [0.2, 0.25) is 0 Å². The van der Waals surface area contributed by atoms with Gasteiger partial charge in [0.15, 0.2) is 0 Å². The van der Waals surface area contributed by atoms with Crippen LogP contribution in [-0.2, 0) is 16.0 Å². The highest BCUT2D eigenvalue weighted by atomic mass is 16.5. The molecule has 5 heteroatoms. The lowest BCUT2D eigenvalue weighted by atomic mass is 9.86. The van der Waals surface area contributed by atoms with Gasteiger partial charge in [0, 0.05) is 36.7 Å². The summed E-state index contributed by atoms with van der Waals surface area (Å²) >= 11 is 0. The molecule has 3 rings (SSSR count). The van der Waals surface area contributed by atoms with Crippen LogP contribution in [0.4, 0.5) is 0 Å². The minimum Gasteiger partial charge on any atom is -0.489 e. The Kier molecular flexibility index (Phi) is 7.58. The molecule has 1 aromatic carbocycles. The smallest absolute Gasteiger partial charge is 0.305 e. The fourth-order valence-corrected chi connectivity index (χ4v) is 4.51. The lowest BCUT2D eigenvalue weighted by Gasteiger charge is -2.19. The van der Waals surface area contributed by atoms with Gasteiger partial charge in [0.1, 0.15) is 11.9 Å². The molecule has 1 fully saturated rings. The molecule has 1 aliphatic carbocycles. The van der Waals surface area contributed by atoms with Crippen LogP contribution in [0.5, 0.6) is 5.75 Å². The summed E-state index contributed by atoms with van der Waals surface area (Å²) in [5.41, 5.74) is 2.20. The van der Waals surface area contributed by atoms with Crippen LogP contribution in [-0.4, -0.2) is 41.6 Å². The second-order valence-corrected chi connectivity index (χ2v) is 8.31. The Morgan fingerprint density at radius 3 is 2.97 bits per heavy atom. The molecule has 0 aromatic heterocycles. The largest absolute Gasteiger partial charge is 0.489 e. The van der Waals surface area contributed by atoms with Crippen LogP contribution in [0, 0.1) is 23.7 Å². The summed E-state index contributed by atoms with van der Waals surface area (Å²) in [6, 6.07) is 6.13. The predicted molar refractivity (Wildman–Crippen MR) is 115 cm³/mol. The highest BCUT2D eigenvalue weighted by Gasteiger charge is 2.48. The van der Waals surface area contributed by atoms with Gasteiger partial charge in [-0.1, -0.05) is 37.3 Å². The Bertz CT molecular complexity index is 834. The molecule has 6 atom stereocenters. The molecule has 162 valence electrons.